The van der Waals surface area contributed by atoms with E-state index in [1.807, 2.05) is 18.2 Å². The number of hydrogen-bond donors (Lipinski definition) is 1. The van der Waals surface area contributed by atoms with Gasteiger partial charge < -0.3 is 5.32 Å². The number of hydrogen-bond acceptors (Lipinski definition) is 3. The lowest BCUT2D eigenvalue weighted by Crippen LogP contribution is -2.50. The Morgan fingerprint density at radius 1 is 0.969 bits per heavy atom. The summed E-state index contributed by atoms with van der Waals surface area (Å²) in [7, 11) is 0. The first-order chi connectivity index (χ1) is 15.7. The Bertz CT molecular complexity index is 870. The van der Waals surface area contributed by atoms with Crippen molar-refractivity contribution in [2.45, 2.75) is 31.7 Å². The third-order valence-corrected chi connectivity index (χ3v) is 6.72. The lowest BCUT2D eigenvalue weighted by molar-refractivity contribution is -0.123. The van der Waals surface area contributed by atoms with Gasteiger partial charge in [0.15, 0.2) is 0 Å². The van der Waals surface area contributed by atoms with E-state index in [0.29, 0.717) is 12.5 Å². The predicted octanol–water partition coefficient (Wildman–Crippen LogP) is 4.50. The largest absolute Gasteiger partial charge is 0.348 e. The number of carbonyl (C=O) groups is 1. The molecular weight excluding hydrogens is 401 g/mol. The molecule has 32 heavy (non-hydrogen) atoms. The topological polar surface area (TPSA) is 35.6 Å². The second-order valence-corrected chi connectivity index (χ2v) is 9.03. The summed E-state index contributed by atoms with van der Waals surface area (Å²) in [5.41, 5.74) is 2.24. The van der Waals surface area contributed by atoms with Gasteiger partial charge in [-0.2, -0.15) is 0 Å². The minimum Gasteiger partial charge on any atom is -0.348 e. The second-order valence-electron chi connectivity index (χ2n) is 9.03. The standard InChI is InChI=1S/C27H34FN3O/c28-25-14-12-24(13-15-25)27(23-10-4-5-11-23)29-26(32)21-31-19-17-30(18-20-31)16-6-9-22-7-2-1-3-8-22/h1-3,6-9,12-15,23,27H,4-5,10-11,16-21H2,(H,29,32)/b9-6+. The molecule has 170 valence electrons. The molecule has 1 heterocycles. The van der Waals surface area contributed by atoms with E-state index in [9.17, 15) is 9.18 Å². The van der Waals surface area contributed by atoms with Gasteiger partial charge in [-0.3, -0.25) is 14.6 Å². The summed E-state index contributed by atoms with van der Waals surface area (Å²) in [4.78, 5) is 17.5. The first kappa shape index (κ1) is 22.7. The zero-order valence-electron chi connectivity index (χ0n) is 18.8. The molecule has 1 unspecified atom stereocenters. The van der Waals surface area contributed by atoms with Crippen LogP contribution in [0.4, 0.5) is 4.39 Å². The molecule has 1 aliphatic carbocycles. The molecule has 4 rings (SSSR count). The Morgan fingerprint density at radius 3 is 2.31 bits per heavy atom. The molecule has 1 atom stereocenters. The van der Waals surface area contributed by atoms with Gasteiger partial charge in [0.05, 0.1) is 12.6 Å². The van der Waals surface area contributed by atoms with E-state index in [-0.39, 0.29) is 17.8 Å². The first-order valence-electron chi connectivity index (χ1n) is 11.9. The van der Waals surface area contributed by atoms with Gasteiger partial charge in [-0.1, -0.05) is 67.5 Å². The van der Waals surface area contributed by atoms with Crippen LogP contribution in [0.15, 0.2) is 60.7 Å². The Morgan fingerprint density at radius 2 is 1.62 bits per heavy atom. The first-order valence-corrected chi connectivity index (χ1v) is 11.9. The minimum absolute atomic E-state index is 0.0185. The SMILES string of the molecule is O=C(CN1CCN(C/C=C/c2ccccc2)CC1)NC(c1ccc(F)cc1)C1CCCC1. The van der Waals surface area contributed by atoms with Crippen molar-refractivity contribution in [1.82, 2.24) is 15.1 Å². The van der Waals surface area contributed by atoms with Gasteiger partial charge >= 0.3 is 0 Å². The van der Waals surface area contributed by atoms with Crippen LogP contribution in [0, 0.1) is 11.7 Å². The molecule has 1 amide bonds. The molecule has 1 saturated heterocycles. The van der Waals surface area contributed by atoms with Crippen molar-refractivity contribution in [2.24, 2.45) is 5.92 Å². The highest BCUT2D eigenvalue weighted by atomic mass is 19.1. The van der Waals surface area contributed by atoms with Crippen LogP contribution >= 0.6 is 0 Å². The van der Waals surface area contributed by atoms with Crippen LogP contribution in [0.1, 0.15) is 42.9 Å². The molecule has 2 fully saturated rings. The van der Waals surface area contributed by atoms with Crippen molar-refractivity contribution in [3.63, 3.8) is 0 Å². The van der Waals surface area contributed by atoms with E-state index < -0.39 is 0 Å². The van der Waals surface area contributed by atoms with Crippen molar-refractivity contribution in [3.8, 4) is 0 Å². The van der Waals surface area contributed by atoms with Crippen LogP contribution < -0.4 is 5.32 Å². The van der Waals surface area contributed by atoms with Crippen molar-refractivity contribution < 1.29 is 9.18 Å². The van der Waals surface area contributed by atoms with E-state index >= 15 is 0 Å². The normalized spacial score (nSPS) is 19.4. The quantitative estimate of drug-likeness (QED) is 0.663. The van der Waals surface area contributed by atoms with Gasteiger partial charge in [-0.15, -0.1) is 0 Å². The average Bonchev–Trinajstić information content (AvgIpc) is 3.35. The summed E-state index contributed by atoms with van der Waals surface area (Å²) >= 11 is 0. The van der Waals surface area contributed by atoms with Crippen molar-refractivity contribution >= 4 is 12.0 Å². The molecule has 1 N–H and O–H groups in total. The Balaban J connectivity index is 1.24. The molecule has 0 aromatic heterocycles. The van der Waals surface area contributed by atoms with Gasteiger partial charge in [0.1, 0.15) is 5.82 Å². The monoisotopic (exact) mass is 435 g/mol. The van der Waals surface area contributed by atoms with Crippen molar-refractivity contribution in [2.75, 3.05) is 39.3 Å². The Labute approximate surface area is 191 Å². The smallest absolute Gasteiger partial charge is 0.234 e. The highest BCUT2D eigenvalue weighted by Gasteiger charge is 2.28. The number of carbonyl (C=O) groups excluding carboxylic acids is 1. The molecule has 0 bridgehead atoms. The fraction of sp³-hybridized carbons (Fsp3) is 0.444. The number of amides is 1. The molecule has 0 spiro atoms. The molecule has 5 heteroatoms. The molecule has 2 aromatic carbocycles. The van der Waals surface area contributed by atoms with Crippen LogP contribution in [0.25, 0.3) is 6.08 Å². The van der Waals surface area contributed by atoms with E-state index in [1.54, 1.807) is 0 Å². The molecule has 1 aliphatic heterocycles. The predicted molar refractivity (Wildman–Crippen MR) is 128 cm³/mol. The molecule has 2 aliphatic rings. The van der Waals surface area contributed by atoms with Crippen LogP contribution in [0.2, 0.25) is 0 Å². The van der Waals surface area contributed by atoms with Gasteiger partial charge in [0.2, 0.25) is 5.91 Å². The summed E-state index contributed by atoms with van der Waals surface area (Å²) in [6.45, 7) is 5.10. The second kappa shape index (κ2) is 11.4. The molecule has 2 aromatic rings. The maximum absolute atomic E-state index is 13.4. The summed E-state index contributed by atoms with van der Waals surface area (Å²) in [5, 5.41) is 3.28. The lowest BCUT2D eigenvalue weighted by Gasteiger charge is -2.34. The average molecular weight is 436 g/mol. The van der Waals surface area contributed by atoms with Crippen molar-refractivity contribution in [3.05, 3.63) is 77.6 Å². The van der Waals surface area contributed by atoms with Crippen LogP contribution in [0.3, 0.4) is 0 Å². The highest BCUT2D eigenvalue weighted by molar-refractivity contribution is 5.78. The summed E-state index contributed by atoms with van der Waals surface area (Å²) in [6.07, 6.45) is 9.04. The van der Waals surface area contributed by atoms with E-state index in [2.05, 4.69) is 51.5 Å². The van der Waals surface area contributed by atoms with E-state index in [1.165, 1.54) is 30.5 Å². The summed E-state index contributed by atoms with van der Waals surface area (Å²) in [5.74, 6) is 0.281. The van der Waals surface area contributed by atoms with Gasteiger partial charge in [0.25, 0.3) is 0 Å². The fourth-order valence-corrected chi connectivity index (χ4v) is 4.89. The summed E-state index contributed by atoms with van der Waals surface area (Å²) in [6, 6.07) is 17.0. The maximum Gasteiger partial charge on any atom is 0.234 e. The van der Waals surface area contributed by atoms with E-state index in [0.717, 1.165) is 51.1 Å². The van der Waals surface area contributed by atoms with Crippen LogP contribution in [-0.2, 0) is 4.79 Å². The Hall–Kier alpha value is -2.50. The maximum atomic E-state index is 13.4. The van der Waals surface area contributed by atoms with Crippen LogP contribution in [-0.4, -0.2) is 55.0 Å². The highest BCUT2D eigenvalue weighted by Crippen LogP contribution is 2.35. The number of benzene rings is 2. The molecule has 4 nitrogen and oxygen atoms in total. The van der Waals surface area contributed by atoms with Gasteiger partial charge in [-0.05, 0) is 42.0 Å². The zero-order chi connectivity index (χ0) is 22.2. The third kappa shape index (κ3) is 6.50. The van der Waals surface area contributed by atoms with E-state index in [4.69, 9.17) is 0 Å². The molecule has 0 radical (unpaired) electrons. The fourth-order valence-electron chi connectivity index (χ4n) is 4.89. The summed E-state index contributed by atoms with van der Waals surface area (Å²) < 4.78 is 13.4. The number of rotatable bonds is 8. The Kier molecular flexibility index (Phi) is 8.07. The van der Waals surface area contributed by atoms with Gasteiger partial charge in [0, 0.05) is 32.7 Å². The molecule has 1 saturated carbocycles. The number of halogens is 1. The zero-order valence-corrected chi connectivity index (χ0v) is 18.8. The number of piperazine rings is 1. The number of nitrogens with zero attached hydrogens (tertiary/aromatic N) is 2. The van der Waals surface area contributed by atoms with Crippen molar-refractivity contribution in [1.29, 1.82) is 0 Å². The third-order valence-electron chi connectivity index (χ3n) is 6.72. The minimum atomic E-state index is -0.235. The molecular formula is C27H34FN3O. The number of nitrogens with one attached hydrogen (secondary N) is 1. The van der Waals surface area contributed by atoms with Crippen LogP contribution in [0.5, 0.6) is 0 Å². The lowest BCUT2D eigenvalue weighted by atomic mass is 9.91. The van der Waals surface area contributed by atoms with Gasteiger partial charge in [-0.25, -0.2) is 4.39 Å².